The number of hydrogen-bond acceptors (Lipinski definition) is 5. The van der Waals surface area contributed by atoms with Gasteiger partial charge in [-0.3, -0.25) is 33.9 Å². The molecule has 0 radical (unpaired) electrons. The first-order valence-electron chi connectivity index (χ1n) is 11.4. The number of urea groups is 1. The van der Waals surface area contributed by atoms with E-state index in [-0.39, 0.29) is 24.7 Å². The number of hydrogen-bond donors (Lipinski definition) is 0. The Morgan fingerprint density at radius 1 is 0.706 bits per heavy atom. The third-order valence-corrected chi connectivity index (χ3v) is 7.96. The molecule has 2 aliphatic carbocycles. The van der Waals surface area contributed by atoms with Crippen molar-refractivity contribution in [2.45, 2.75) is 25.7 Å². The molecule has 0 saturated carbocycles. The summed E-state index contributed by atoms with van der Waals surface area (Å²) in [6.45, 7) is 0. The fourth-order valence-corrected chi connectivity index (χ4v) is 6.20. The molecule has 2 fully saturated rings. The number of nitrogens with zero attached hydrogens (tertiary/aromatic N) is 3. The van der Waals surface area contributed by atoms with Gasteiger partial charge in [0.05, 0.1) is 17.5 Å². The number of benzene rings is 2. The number of imide groups is 3. The van der Waals surface area contributed by atoms with Crippen molar-refractivity contribution in [3.05, 3.63) is 64.7 Å². The van der Waals surface area contributed by atoms with Gasteiger partial charge in [0.25, 0.3) is 0 Å². The predicted molar refractivity (Wildman–Crippen MR) is 121 cm³/mol. The van der Waals surface area contributed by atoms with E-state index >= 15 is 0 Å². The van der Waals surface area contributed by atoms with Crippen LogP contribution >= 0.6 is 0 Å². The van der Waals surface area contributed by atoms with E-state index in [1.807, 2.05) is 30.3 Å². The maximum absolute atomic E-state index is 13.2. The van der Waals surface area contributed by atoms with E-state index in [4.69, 9.17) is 0 Å². The van der Waals surface area contributed by atoms with Crippen LogP contribution in [0, 0.1) is 17.3 Å². The average Bonchev–Trinajstić information content (AvgIpc) is 3.33. The van der Waals surface area contributed by atoms with Crippen LogP contribution in [-0.2, 0) is 44.9 Å². The molecule has 4 aliphatic rings. The molecular formula is C26H23N3O5. The molecule has 8 heteroatoms. The number of carbonyl (C=O) groups is 5. The predicted octanol–water partition coefficient (Wildman–Crippen LogP) is 1.73. The van der Waals surface area contributed by atoms with Gasteiger partial charge in [-0.2, -0.15) is 0 Å². The molecule has 2 heterocycles. The molecule has 6 rings (SSSR count). The molecule has 2 aromatic rings. The zero-order valence-electron chi connectivity index (χ0n) is 18.9. The number of amides is 6. The molecule has 2 unspecified atom stereocenters. The van der Waals surface area contributed by atoms with E-state index < -0.39 is 35.1 Å². The molecule has 172 valence electrons. The summed E-state index contributed by atoms with van der Waals surface area (Å²) in [6.07, 6.45) is 1.36. The molecule has 1 spiro atoms. The number of anilines is 1. The zero-order chi connectivity index (χ0) is 23.9. The van der Waals surface area contributed by atoms with Gasteiger partial charge in [-0.25, -0.2) is 4.79 Å². The third kappa shape index (κ3) is 2.56. The van der Waals surface area contributed by atoms with Crippen LogP contribution < -0.4 is 4.90 Å². The maximum Gasteiger partial charge on any atom is 0.332 e. The van der Waals surface area contributed by atoms with Crippen molar-refractivity contribution in [1.82, 2.24) is 9.80 Å². The highest BCUT2D eigenvalue weighted by Crippen LogP contribution is 2.46. The minimum absolute atomic E-state index is 0.178. The average molecular weight is 457 g/mol. The van der Waals surface area contributed by atoms with E-state index in [9.17, 15) is 24.0 Å². The summed E-state index contributed by atoms with van der Waals surface area (Å²) in [7, 11) is 2.81. The molecule has 6 amide bonds. The van der Waals surface area contributed by atoms with E-state index in [1.54, 1.807) is 12.1 Å². The topological polar surface area (TPSA) is 95.1 Å². The minimum atomic E-state index is -1.31. The Hall–Kier alpha value is -3.81. The van der Waals surface area contributed by atoms with E-state index in [1.165, 1.54) is 19.0 Å². The molecule has 2 aromatic carbocycles. The molecule has 2 atom stereocenters. The van der Waals surface area contributed by atoms with Crippen LogP contribution in [-0.4, -0.2) is 53.6 Å². The Morgan fingerprint density at radius 2 is 1.18 bits per heavy atom. The summed E-state index contributed by atoms with van der Waals surface area (Å²) in [5.74, 6) is -2.14. The van der Waals surface area contributed by atoms with E-state index in [0.717, 1.165) is 32.1 Å². The van der Waals surface area contributed by atoms with Crippen molar-refractivity contribution in [2.75, 3.05) is 19.0 Å². The van der Waals surface area contributed by atoms with Gasteiger partial charge < -0.3 is 0 Å². The minimum Gasteiger partial charge on any atom is -0.274 e. The van der Waals surface area contributed by atoms with Crippen LogP contribution in [0.15, 0.2) is 42.5 Å². The number of rotatable bonds is 1. The summed E-state index contributed by atoms with van der Waals surface area (Å²) in [6, 6.07) is 12.4. The van der Waals surface area contributed by atoms with Gasteiger partial charge in [-0.15, -0.1) is 0 Å². The first-order valence-corrected chi connectivity index (χ1v) is 11.4. The van der Waals surface area contributed by atoms with Crippen molar-refractivity contribution in [2.24, 2.45) is 17.3 Å². The van der Waals surface area contributed by atoms with Gasteiger partial charge in [0.1, 0.15) is 5.41 Å². The smallest absolute Gasteiger partial charge is 0.274 e. The molecule has 8 nitrogen and oxygen atoms in total. The fraction of sp³-hybridized carbons (Fsp3) is 0.346. The maximum atomic E-state index is 13.2. The monoisotopic (exact) mass is 457 g/mol. The molecular weight excluding hydrogens is 434 g/mol. The van der Waals surface area contributed by atoms with Crippen LogP contribution in [0.1, 0.15) is 22.3 Å². The van der Waals surface area contributed by atoms with E-state index in [0.29, 0.717) is 18.5 Å². The Balaban J connectivity index is 1.33. The Morgan fingerprint density at radius 3 is 1.65 bits per heavy atom. The van der Waals surface area contributed by atoms with Crippen LogP contribution in [0.2, 0.25) is 0 Å². The lowest BCUT2D eigenvalue weighted by molar-refractivity contribution is -0.156. The molecule has 2 aliphatic heterocycles. The van der Waals surface area contributed by atoms with Crippen molar-refractivity contribution < 1.29 is 24.0 Å². The summed E-state index contributed by atoms with van der Waals surface area (Å²) in [5.41, 5.74) is 3.05. The lowest BCUT2D eigenvalue weighted by atomic mass is 9.76. The van der Waals surface area contributed by atoms with Crippen LogP contribution in [0.25, 0.3) is 0 Å². The summed E-state index contributed by atoms with van der Waals surface area (Å²) >= 11 is 0. The van der Waals surface area contributed by atoms with Crippen molar-refractivity contribution in [1.29, 1.82) is 0 Å². The Kier molecular flexibility index (Phi) is 4.19. The highest BCUT2D eigenvalue weighted by molar-refractivity contribution is 6.22. The third-order valence-electron chi connectivity index (χ3n) is 7.96. The lowest BCUT2D eigenvalue weighted by Crippen LogP contribution is -2.63. The van der Waals surface area contributed by atoms with Crippen molar-refractivity contribution in [3.8, 4) is 0 Å². The molecule has 0 aromatic heterocycles. The molecule has 34 heavy (non-hydrogen) atoms. The summed E-state index contributed by atoms with van der Waals surface area (Å²) < 4.78 is 0. The molecule has 0 bridgehead atoms. The second-order valence-electron chi connectivity index (χ2n) is 9.80. The van der Waals surface area contributed by atoms with Gasteiger partial charge >= 0.3 is 6.03 Å². The van der Waals surface area contributed by atoms with Crippen molar-refractivity contribution >= 4 is 35.3 Å². The van der Waals surface area contributed by atoms with Gasteiger partial charge in [0, 0.05) is 14.1 Å². The largest absolute Gasteiger partial charge is 0.332 e. The molecule has 0 N–H and O–H groups in total. The first-order chi connectivity index (χ1) is 16.2. The van der Waals surface area contributed by atoms with Gasteiger partial charge in [0.15, 0.2) is 0 Å². The normalized spacial score (nSPS) is 25.2. The first kappa shape index (κ1) is 20.8. The second kappa shape index (κ2) is 6.85. The fourth-order valence-electron chi connectivity index (χ4n) is 6.20. The Labute approximate surface area is 196 Å². The number of fused-ring (bicyclic) bond motifs is 3. The number of barbiturate groups is 1. The highest BCUT2D eigenvalue weighted by Gasteiger charge is 2.58. The van der Waals surface area contributed by atoms with Crippen molar-refractivity contribution in [3.63, 3.8) is 0 Å². The summed E-state index contributed by atoms with van der Waals surface area (Å²) in [5, 5.41) is 0. The highest BCUT2D eigenvalue weighted by atomic mass is 16.2. The van der Waals surface area contributed by atoms with E-state index in [2.05, 4.69) is 0 Å². The van der Waals surface area contributed by atoms with Crippen LogP contribution in [0.5, 0.6) is 0 Å². The second-order valence-corrected chi connectivity index (χ2v) is 9.80. The quantitative estimate of drug-likeness (QED) is 0.480. The standard InChI is InChI=1S/C26H23N3O5/c1-27-23(32)26(24(33)28(2)25(27)34)12-16-8-14-10-19-20(11-15(14)9-17(16)13-26)22(31)29(21(19)30)18-6-4-3-5-7-18/h3-9,19-20H,10-13H2,1-2H3. The zero-order valence-corrected chi connectivity index (χ0v) is 18.9. The van der Waals surface area contributed by atoms with Gasteiger partial charge in [0.2, 0.25) is 23.6 Å². The number of carbonyl (C=O) groups excluding carboxylic acids is 5. The Bertz CT molecular complexity index is 1240. The van der Waals surface area contributed by atoms with Gasteiger partial charge in [-0.05, 0) is 60.1 Å². The molecule has 2 saturated heterocycles. The lowest BCUT2D eigenvalue weighted by Gasteiger charge is -2.39. The SMILES string of the molecule is CN1C(=O)N(C)C(=O)C2(Cc3cc4c(cc3C2)CC2C(=O)N(c3ccccc3)C(=O)C2C4)C1=O. The van der Waals surface area contributed by atoms with Gasteiger partial charge in [-0.1, -0.05) is 30.3 Å². The van der Waals surface area contributed by atoms with Crippen LogP contribution in [0.3, 0.4) is 0 Å². The number of para-hydroxylation sites is 1. The summed E-state index contributed by atoms with van der Waals surface area (Å²) in [4.78, 5) is 68.1. The van der Waals surface area contributed by atoms with Crippen LogP contribution in [0.4, 0.5) is 10.5 Å².